The smallest absolute Gasteiger partial charge is 0.410 e. The van der Waals surface area contributed by atoms with Crippen molar-refractivity contribution in [3.8, 4) is 5.75 Å². The zero-order valence-corrected chi connectivity index (χ0v) is 15.9. The van der Waals surface area contributed by atoms with Crippen molar-refractivity contribution in [1.82, 2.24) is 4.90 Å². The molecule has 2 bridgehead atoms. The molecule has 0 spiro atoms. The molecule has 1 aromatic rings. The number of halogens is 1. The van der Waals surface area contributed by atoms with Crippen molar-refractivity contribution in [3.63, 3.8) is 0 Å². The molecule has 2 aliphatic rings. The first-order valence-corrected chi connectivity index (χ1v) is 9.21. The fraction of sp³-hybridized carbons (Fsp3) is 0.650. The van der Waals surface area contributed by atoms with Crippen LogP contribution in [0.15, 0.2) is 18.2 Å². The molecule has 0 radical (unpaired) electrons. The van der Waals surface area contributed by atoms with E-state index in [9.17, 15) is 14.3 Å². The van der Waals surface area contributed by atoms with Gasteiger partial charge in [-0.2, -0.15) is 0 Å². The number of piperidine rings is 2. The minimum absolute atomic E-state index is 0.129. The summed E-state index contributed by atoms with van der Waals surface area (Å²) < 4.78 is 24.8. The zero-order chi connectivity index (χ0) is 19.1. The molecule has 26 heavy (non-hydrogen) atoms. The van der Waals surface area contributed by atoms with Crippen molar-refractivity contribution < 1.29 is 23.8 Å². The summed E-state index contributed by atoms with van der Waals surface area (Å²) in [4.78, 5) is 14.5. The molecule has 0 aliphatic carbocycles. The molecule has 5 nitrogen and oxygen atoms in total. The van der Waals surface area contributed by atoms with Gasteiger partial charge in [0, 0.05) is 30.5 Å². The predicted molar refractivity (Wildman–Crippen MR) is 95.6 cm³/mol. The van der Waals surface area contributed by atoms with Gasteiger partial charge in [-0.05, 0) is 58.2 Å². The molecule has 2 atom stereocenters. The van der Waals surface area contributed by atoms with Gasteiger partial charge in [0.25, 0.3) is 0 Å². The predicted octanol–water partition coefficient (Wildman–Crippen LogP) is 3.97. The normalized spacial score (nSPS) is 28.6. The van der Waals surface area contributed by atoms with Crippen LogP contribution in [0.1, 0.15) is 58.4 Å². The summed E-state index contributed by atoms with van der Waals surface area (Å²) in [5.74, 6) is 0.0617. The fourth-order valence-electron chi connectivity index (χ4n) is 4.31. The number of aliphatic hydroxyl groups is 1. The number of ether oxygens (including phenoxy) is 2. The Morgan fingerprint density at radius 2 is 1.88 bits per heavy atom. The van der Waals surface area contributed by atoms with Crippen LogP contribution in [0.4, 0.5) is 9.18 Å². The Morgan fingerprint density at radius 3 is 2.42 bits per heavy atom. The molecule has 2 fully saturated rings. The number of nitrogens with zero attached hydrogens (tertiary/aromatic N) is 1. The van der Waals surface area contributed by atoms with Crippen molar-refractivity contribution in [2.45, 2.75) is 76.2 Å². The summed E-state index contributed by atoms with van der Waals surface area (Å²) in [6, 6.07) is 3.95. The summed E-state index contributed by atoms with van der Waals surface area (Å²) in [7, 11) is 1.51. The number of carbonyl (C=O) groups is 1. The van der Waals surface area contributed by atoms with Crippen LogP contribution < -0.4 is 4.74 Å². The topological polar surface area (TPSA) is 59.0 Å². The van der Waals surface area contributed by atoms with Crippen LogP contribution >= 0.6 is 0 Å². The second-order valence-electron chi connectivity index (χ2n) is 8.41. The third-order valence-electron chi connectivity index (χ3n) is 5.28. The summed E-state index contributed by atoms with van der Waals surface area (Å²) in [6.45, 7) is 5.54. The van der Waals surface area contributed by atoms with E-state index in [1.165, 1.54) is 19.2 Å². The Morgan fingerprint density at radius 1 is 1.27 bits per heavy atom. The first-order valence-electron chi connectivity index (χ1n) is 9.21. The molecular formula is C20H28FNO4. The van der Waals surface area contributed by atoms with Crippen molar-refractivity contribution in [2.75, 3.05) is 7.11 Å². The van der Waals surface area contributed by atoms with Crippen LogP contribution in [0, 0.1) is 5.82 Å². The third kappa shape index (κ3) is 3.65. The second-order valence-corrected chi connectivity index (χ2v) is 8.41. The molecule has 1 amide bonds. The lowest BCUT2D eigenvalue weighted by Crippen LogP contribution is -2.59. The summed E-state index contributed by atoms with van der Waals surface area (Å²) in [5.41, 5.74) is -1.33. The number of hydrogen-bond acceptors (Lipinski definition) is 4. The lowest BCUT2D eigenvalue weighted by Gasteiger charge is -2.52. The Hall–Kier alpha value is -1.82. The third-order valence-corrected chi connectivity index (χ3v) is 5.28. The quantitative estimate of drug-likeness (QED) is 0.861. The van der Waals surface area contributed by atoms with Crippen LogP contribution in [-0.4, -0.2) is 40.9 Å². The van der Waals surface area contributed by atoms with E-state index in [1.807, 2.05) is 20.8 Å². The summed E-state index contributed by atoms with van der Waals surface area (Å²) in [5, 5.41) is 11.4. The Bertz CT molecular complexity index is 671. The monoisotopic (exact) mass is 365 g/mol. The van der Waals surface area contributed by atoms with E-state index in [0.29, 0.717) is 24.2 Å². The van der Waals surface area contributed by atoms with Gasteiger partial charge in [-0.3, -0.25) is 0 Å². The van der Waals surface area contributed by atoms with E-state index in [2.05, 4.69) is 0 Å². The molecule has 0 aromatic heterocycles. The van der Waals surface area contributed by atoms with Crippen LogP contribution in [-0.2, 0) is 10.3 Å². The molecule has 3 rings (SSSR count). The van der Waals surface area contributed by atoms with Crippen LogP contribution in [0.3, 0.4) is 0 Å². The maximum absolute atomic E-state index is 13.8. The minimum atomic E-state index is -1.22. The van der Waals surface area contributed by atoms with Gasteiger partial charge >= 0.3 is 6.09 Å². The highest BCUT2D eigenvalue weighted by Gasteiger charge is 2.50. The molecule has 0 saturated carbocycles. The van der Waals surface area contributed by atoms with E-state index in [0.717, 1.165) is 19.3 Å². The van der Waals surface area contributed by atoms with Crippen LogP contribution in [0.5, 0.6) is 5.75 Å². The highest BCUT2D eigenvalue weighted by Crippen LogP contribution is 2.47. The number of benzene rings is 1. The van der Waals surface area contributed by atoms with Gasteiger partial charge < -0.3 is 19.5 Å². The number of methoxy groups -OCH3 is 1. The average molecular weight is 365 g/mol. The summed E-state index contributed by atoms with van der Waals surface area (Å²) in [6.07, 6.45) is 2.97. The second kappa shape index (κ2) is 6.72. The van der Waals surface area contributed by atoms with Gasteiger partial charge in [0.2, 0.25) is 0 Å². The van der Waals surface area contributed by atoms with Gasteiger partial charge in [0.15, 0.2) is 0 Å². The van der Waals surface area contributed by atoms with Gasteiger partial charge in [-0.25, -0.2) is 9.18 Å². The number of rotatable bonds is 2. The SMILES string of the molecule is COc1ccc(F)cc1C1(O)CC2CCCC(C1)N2C(=O)OC(C)(C)C. The molecule has 2 aliphatic heterocycles. The number of fused-ring (bicyclic) bond motifs is 2. The first-order chi connectivity index (χ1) is 12.1. The van der Waals surface area contributed by atoms with E-state index >= 15 is 0 Å². The van der Waals surface area contributed by atoms with E-state index < -0.39 is 17.0 Å². The standard InChI is InChI=1S/C20H28FNO4/c1-19(2,3)26-18(23)22-14-6-5-7-15(22)12-20(24,11-14)16-10-13(21)8-9-17(16)25-4/h8-10,14-15,24H,5-7,11-12H2,1-4H3. The highest BCUT2D eigenvalue weighted by atomic mass is 19.1. The average Bonchev–Trinajstić information content (AvgIpc) is 2.52. The largest absolute Gasteiger partial charge is 0.496 e. The fourth-order valence-corrected chi connectivity index (χ4v) is 4.31. The number of amides is 1. The molecule has 1 N–H and O–H groups in total. The Labute approximate surface area is 154 Å². The molecule has 1 aromatic carbocycles. The lowest BCUT2D eigenvalue weighted by molar-refractivity contribution is -0.0973. The van der Waals surface area contributed by atoms with E-state index in [1.54, 1.807) is 11.0 Å². The van der Waals surface area contributed by atoms with Crippen molar-refractivity contribution in [2.24, 2.45) is 0 Å². The van der Waals surface area contributed by atoms with Gasteiger partial charge in [-0.15, -0.1) is 0 Å². The van der Waals surface area contributed by atoms with Gasteiger partial charge in [0.05, 0.1) is 12.7 Å². The summed E-state index contributed by atoms with van der Waals surface area (Å²) >= 11 is 0. The number of carbonyl (C=O) groups excluding carboxylic acids is 1. The van der Waals surface area contributed by atoms with Gasteiger partial charge in [0.1, 0.15) is 17.2 Å². The van der Waals surface area contributed by atoms with Crippen molar-refractivity contribution in [3.05, 3.63) is 29.6 Å². The zero-order valence-electron chi connectivity index (χ0n) is 15.9. The van der Waals surface area contributed by atoms with Gasteiger partial charge in [-0.1, -0.05) is 0 Å². The lowest BCUT2D eigenvalue weighted by atomic mass is 9.72. The maximum Gasteiger partial charge on any atom is 0.410 e. The van der Waals surface area contributed by atoms with Crippen LogP contribution in [0.2, 0.25) is 0 Å². The minimum Gasteiger partial charge on any atom is -0.496 e. The molecular weight excluding hydrogens is 337 g/mol. The van der Waals surface area contributed by atoms with Crippen LogP contribution in [0.25, 0.3) is 0 Å². The van der Waals surface area contributed by atoms with Crippen molar-refractivity contribution >= 4 is 6.09 Å². The highest BCUT2D eigenvalue weighted by molar-refractivity contribution is 5.69. The van der Waals surface area contributed by atoms with Crippen molar-refractivity contribution in [1.29, 1.82) is 0 Å². The molecule has 2 saturated heterocycles. The Kier molecular flexibility index (Phi) is 4.90. The molecule has 6 heteroatoms. The first kappa shape index (κ1) is 19.0. The Balaban J connectivity index is 1.90. The van der Waals surface area contributed by atoms with E-state index in [4.69, 9.17) is 9.47 Å². The maximum atomic E-state index is 13.8. The number of hydrogen-bond donors (Lipinski definition) is 1. The molecule has 2 heterocycles. The van der Waals surface area contributed by atoms with E-state index in [-0.39, 0.29) is 18.2 Å². The molecule has 2 unspecified atom stereocenters. The molecule has 144 valence electrons.